The minimum Gasteiger partial charge on any atom is -0.485 e. The Morgan fingerprint density at radius 3 is 2.72 bits per heavy atom. The van der Waals surface area contributed by atoms with Crippen LogP contribution < -0.4 is 9.64 Å². The SMILES string of the molecule is CCN1C[C@@H](CN(C)C(=O)c2ccc(F)c(F)c2)Oc2ccccc21. The van der Waals surface area contributed by atoms with Crippen molar-refractivity contribution in [3.63, 3.8) is 0 Å². The summed E-state index contributed by atoms with van der Waals surface area (Å²) in [6.07, 6.45) is -0.200. The Labute approximate surface area is 145 Å². The molecule has 4 nitrogen and oxygen atoms in total. The predicted molar refractivity (Wildman–Crippen MR) is 92.1 cm³/mol. The van der Waals surface area contributed by atoms with Crippen molar-refractivity contribution in [3.8, 4) is 5.75 Å². The van der Waals surface area contributed by atoms with E-state index in [1.807, 2.05) is 24.3 Å². The lowest BCUT2D eigenvalue weighted by atomic mass is 10.1. The first-order valence-electron chi connectivity index (χ1n) is 8.20. The molecule has 0 saturated carbocycles. The molecule has 0 fully saturated rings. The summed E-state index contributed by atoms with van der Waals surface area (Å²) < 4.78 is 32.4. The van der Waals surface area contributed by atoms with Crippen LogP contribution in [0.4, 0.5) is 14.5 Å². The summed E-state index contributed by atoms with van der Waals surface area (Å²) in [6.45, 7) is 3.90. The first kappa shape index (κ1) is 17.2. The molecule has 1 atom stereocenters. The monoisotopic (exact) mass is 346 g/mol. The van der Waals surface area contributed by atoms with E-state index >= 15 is 0 Å². The van der Waals surface area contributed by atoms with Crippen molar-refractivity contribution in [2.24, 2.45) is 0 Å². The van der Waals surface area contributed by atoms with Crippen molar-refractivity contribution in [1.29, 1.82) is 0 Å². The zero-order chi connectivity index (χ0) is 18.0. The van der Waals surface area contributed by atoms with Gasteiger partial charge in [-0.1, -0.05) is 12.1 Å². The summed E-state index contributed by atoms with van der Waals surface area (Å²) in [5.41, 5.74) is 1.15. The number of hydrogen-bond acceptors (Lipinski definition) is 3. The summed E-state index contributed by atoms with van der Waals surface area (Å²) in [7, 11) is 1.63. The van der Waals surface area contributed by atoms with Gasteiger partial charge in [-0.3, -0.25) is 4.79 Å². The third-order valence-corrected chi connectivity index (χ3v) is 4.30. The number of amides is 1. The molecule has 0 aromatic heterocycles. The quantitative estimate of drug-likeness (QED) is 0.851. The van der Waals surface area contributed by atoms with Crippen molar-refractivity contribution >= 4 is 11.6 Å². The molecular formula is C19H20F2N2O2. The molecule has 0 saturated heterocycles. The Morgan fingerprint density at radius 2 is 2.00 bits per heavy atom. The number of hydrogen-bond donors (Lipinski definition) is 0. The van der Waals surface area contributed by atoms with Gasteiger partial charge in [-0.15, -0.1) is 0 Å². The number of carbonyl (C=O) groups excluding carboxylic acids is 1. The molecule has 0 unspecified atom stereocenters. The van der Waals surface area contributed by atoms with E-state index < -0.39 is 11.6 Å². The molecular weight excluding hydrogens is 326 g/mol. The maximum atomic E-state index is 13.3. The van der Waals surface area contributed by atoms with E-state index in [1.165, 1.54) is 11.0 Å². The first-order valence-corrected chi connectivity index (χ1v) is 8.20. The largest absolute Gasteiger partial charge is 0.485 e. The van der Waals surface area contributed by atoms with E-state index in [2.05, 4.69) is 11.8 Å². The molecule has 0 aliphatic carbocycles. The van der Waals surface area contributed by atoms with Gasteiger partial charge in [0, 0.05) is 19.2 Å². The second-order valence-corrected chi connectivity index (χ2v) is 6.06. The molecule has 1 aliphatic rings. The van der Waals surface area contributed by atoms with Crippen LogP contribution in [0.25, 0.3) is 0 Å². The molecule has 6 heteroatoms. The lowest BCUT2D eigenvalue weighted by Crippen LogP contribution is -2.46. The summed E-state index contributed by atoms with van der Waals surface area (Å²) in [5, 5.41) is 0. The number of benzene rings is 2. The van der Waals surface area contributed by atoms with Crippen LogP contribution >= 0.6 is 0 Å². The third-order valence-electron chi connectivity index (χ3n) is 4.30. The van der Waals surface area contributed by atoms with Crippen molar-refractivity contribution in [2.45, 2.75) is 13.0 Å². The third kappa shape index (κ3) is 3.57. The molecule has 2 aromatic rings. The number of para-hydroxylation sites is 2. The smallest absolute Gasteiger partial charge is 0.253 e. The Kier molecular flexibility index (Phi) is 4.88. The van der Waals surface area contributed by atoms with E-state index in [4.69, 9.17) is 4.74 Å². The van der Waals surface area contributed by atoms with E-state index in [9.17, 15) is 13.6 Å². The van der Waals surface area contributed by atoms with Crippen LogP contribution in [0.2, 0.25) is 0 Å². The molecule has 1 amide bonds. The van der Waals surface area contributed by atoms with Gasteiger partial charge in [0.15, 0.2) is 11.6 Å². The van der Waals surface area contributed by atoms with Gasteiger partial charge in [0.2, 0.25) is 0 Å². The molecule has 1 heterocycles. The summed E-state index contributed by atoms with van der Waals surface area (Å²) >= 11 is 0. The van der Waals surface area contributed by atoms with Crippen molar-refractivity contribution in [1.82, 2.24) is 4.90 Å². The Morgan fingerprint density at radius 1 is 1.24 bits per heavy atom. The van der Waals surface area contributed by atoms with Gasteiger partial charge in [0.05, 0.1) is 18.8 Å². The Bertz CT molecular complexity index is 782. The number of halogens is 2. The highest BCUT2D eigenvalue weighted by molar-refractivity contribution is 5.94. The average Bonchev–Trinajstić information content (AvgIpc) is 2.62. The minimum absolute atomic E-state index is 0.116. The molecule has 2 aromatic carbocycles. The van der Waals surface area contributed by atoms with Gasteiger partial charge in [-0.25, -0.2) is 8.78 Å². The standard InChI is InChI=1S/C19H20F2N2O2/c1-3-23-12-14(25-18-7-5-4-6-17(18)23)11-22(2)19(24)13-8-9-15(20)16(21)10-13/h4-10,14H,3,11-12H2,1-2H3/t14-/m1/s1. The zero-order valence-corrected chi connectivity index (χ0v) is 14.2. The van der Waals surface area contributed by atoms with E-state index in [0.29, 0.717) is 13.1 Å². The molecule has 132 valence electrons. The summed E-state index contributed by atoms with van der Waals surface area (Å²) in [5.74, 6) is -1.58. The molecule has 0 N–H and O–H groups in total. The van der Waals surface area contributed by atoms with Crippen LogP contribution in [0.15, 0.2) is 42.5 Å². The lowest BCUT2D eigenvalue weighted by Gasteiger charge is -2.37. The van der Waals surface area contributed by atoms with Crippen LogP contribution in [0.5, 0.6) is 5.75 Å². The van der Waals surface area contributed by atoms with Gasteiger partial charge in [0.1, 0.15) is 11.9 Å². The van der Waals surface area contributed by atoms with E-state index in [1.54, 1.807) is 7.05 Å². The van der Waals surface area contributed by atoms with Gasteiger partial charge in [-0.2, -0.15) is 0 Å². The summed E-state index contributed by atoms with van der Waals surface area (Å²) in [6, 6.07) is 10.9. The van der Waals surface area contributed by atoms with Crippen molar-refractivity contribution < 1.29 is 18.3 Å². The van der Waals surface area contributed by atoms with Gasteiger partial charge in [-0.05, 0) is 37.3 Å². The fourth-order valence-corrected chi connectivity index (χ4v) is 3.01. The Hall–Kier alpha value is -2.63. The minimum atomic E-state index is -1.03. The number of nitrogens with zero attached hydrogens (tertiary/aromatic N) is 2. The molecule has 0 radical (unpaired) electrons. The van der Waals surface area contributed by atoms with E-state index in [0.717, 1.165) is 30.1 Å². The van der Waals surface area contributed by atoms with Crippen LogP contribution in [0.3, 0.4) is 0 Å². The highest BCUT2D eigenvalue weighted by atomic mass is 19.2. The zero-order valence-electron chi connectivity index (χ0n) is 14.2. The first-order chi connectivity index (χ1) is 12.0. The summed E-state index contributed by atoms with van der Waals surface area (Å²) in [4.78, 5) is 16.1. The van der Waals surface area contributed by atoms with Gasteiger partial charge in [0.25, 0.3) is 5.91 Å². The van der Waals surface area contributed by atoms with Crippen LogP contribution in [-0.4, -0.2) is 43.6 Å². The van der Waals surface area contributed by atoms with E-state index in [-0.39, 0.29) is 17.6 Å². The number of carbonyl (C=O) groups is 1. The second-order valence-electron chi connectivity index (χ2n) is 6.06. The maximum absolute atomic E-state index is 13.3. The maximum Gasteiger partial charge on any atom is 0.253 e. The van der Waals surface area contributed by atoms with Gasteiger partial charge >= 0.3 is 0 Å². The number of anilines is 1. The predicted octanol–water partition coefficient (Wildman–Crippen LogP) is 3.32. The van der Waals surface area contributed by atoms with Crippen LogP contribution in [0, 0.1) is 11.6 Å². The average molecular weight is 346 g/mol. The highest BCUT2D eigenvalue weighted by Crippen LogP contribution is 2.32. The number of rotatable bonds is 4. The fourth-order valence-electron chi connectivity index (χ4n) is 3.01. The topological polar surface area (TPSA) is 32.8 Å². The van der Waals surface area contributed by atoms with Gasteiger partial charge < -0.3 is 14.5 Å². The van der Waals surface area contributed by atoms with Crippen LogP contribution in [0.1, 0.15) is 17.3 Å². The number of fused-ring (bicyclic) bond motifs is 1. The fraction of sp³-hybridized carbons (Fsp3) is 0.316. The number of ether oxygens (including phenoxy) is 1. The van der Waals surface area contributed by atoms with Crippen LogP contribution in [-0.2, 0) is 0 Å². The molecule has 0 bridgehead atoms. The van der Waals surface area contributed by atoms with Crippen molar-refractivity contribution in [2.75, 3.05) is 31.6 Å². The lowest BCUT2D eigenvalue weighted by molar-refractivity contribution is 0.0709. The second kappa shape index (κ2) is 7.09. The molecule has 25 heavy (non-hydrogen) atoms. The molecule has 0 spiro atoms. The molecule has 1 aliphatic heterocycles. The van der Waals surface area contributed by atoms with Crippen molar-refractivity contribution in [3.05, 3.63) is 59.7 Å². The Balaban J connectivity index is 1.71. The number of likely N-dealkylation sites (N-methyl/N-ethyl adjacent to an activating group) is 2. The highest BCUT2D eigenvalue weighted by Gasteiger charge is 2.27. The molecule has 3 rings (SSSR count). The normalized spacial score (nSPS) is 16.2.